The third-order valence-electron chi connectivity index (χ3n) is 2.23. The van der Waals surface area contributed by atoms with Gasteiger partial charge in [0, 0.05) is 5.54 Å². The lowest BCUT2D eigenvalue weighted by Crippen LogP contribution is -1.71. The maximum atomic E-state index is 5.71. The summed E-state index contributed by atoms with van der Waals surface area (Å²) in [5.74, 6) is 0. The molecule has 0 saturated heterocycles. The van der Waals surface area contributed by atoms with Crippen LogP contribution in [0.3, 0.4) is 0 Å². The Balaban J connectivity index is 0.000000191. The minimum Gasteiger partial charge on any atom is -0.0985 e. The quantitative estimate of drug-likeness (QED) is 0.591. The molecule has 0 aliphatic carbocycles. The summed E-state index contributed by atoms with van der Waals surface area (Å²) in [6.07, 6.45) is 3.57. The summed E-state index contributed by atoms with van der Waals surface area (Å²) in [4.78, 5) is 0. The molecule has 0 N–H and O–H groups in total. The minimum atomic E-state index is 0.569. The minimum absolute atomic E-state index is 0.569. The van der Waals surface area contributed by atoms with Crippen LogP contribution in [0.25, 0.3) is 12.2 Å². The van der Waals surface area contributed by atoms with Gasteiger partial charge in [-0.1, -0.05) is 83.9 Å². The molecule has 2 aromatic carbocycles. The highest BCUT2D eigenvalue weighted by atomic mass is 35.5. The molecule has 0 atom stereocenters. The van der Waals surface area contributed by atoms with Crippen molar-refractivity contribution in [3.8, 4) is 0 Å². The zero-order valence-corrected chi connectivity index (χ0v) is 12.5. The molecule has 98 valence electrons. The Morgan fingerprint density at radius 2 is 1.53 bits per heavy atom. The Morgan fingerprint density at radius 1 is 0.842 bits per heavy atom. The second kappa shape index (κ2) is 8.82. The summed E-state index contributed by atoms with van der Waals surface area (Å²) in [5.41, 5.74) is 3.62. The van der Waals surface area contributed by atoms with E-state index < -0.39 is 0 Å². The Hall–Kier alpha value is -1.21. The van der Waals surface area contributed by atoms with Crippen molar-refractivity contribution < 1.29 is 0 Å². The van der Waals surface area contributed by atoms with Gasteiger partial charge in [0.2, 0.25) is 0 Å². The van der Waals surface area contributed by atoms with Crippen LogP contribution in [0.5, 0.6) is 0 Å². The van der Waals surface area contributed by atoms with Crippen molar-refractivity contribution in [2.45, 2.75) is 0 Å². The van der Waals surface area contributed by atoms with Crippen molar-refractivity contribution in [1.82, 2.24) is 0 Å². The number of hydrogen-bond donors (Lipinski definition) is 0. The third kappa shape index (κ3) is 5.98. The summed E-state index contributed by atoms with van der Waals surface area (Å²) < 4.78 is 0. The van der Waals surface area contributed by atoms with Crippen molar-refractivity contribution >= 4 is 47.0 Å². The third-order valence-corrected chi connectivity index (χ3v) is 3.10. The highest BCUT2D eigenvalue weighted by molar-refractivity contribution is 6.42. The fourth-order valence-electron chi connectivity index (χ4n) is 1.28. The molecule has 19 heavy (non-hydrogen) atoms. The van der Waals surface area contributed by atoms with E-state index in [9.17, 15) is 0 Å². The average molecular weight is 312 g/mol. The topological polar surface area (TPSA) is 0 Å². The lowest BCUT2D eigenvalue weighted by molar-refractivity contribution is 1.66. The first-order chi connectivity index (χ1) is 9.17. The predicted octanol–water partition coefficient (Wildman–Crippen LogP) is 6.53. The van der Waals surface area contributed by atoms with E-state index in [0.29, 0.717) is 10.0 Å². The van der Waals surface area contributed by atoms with Gasteiger partial charge in [0.1, 0.15) is 0 Å². The molecule has 0 fully saturated rings. The van der Waals surface area contributed by atoms with E-state index in [0.717, 1.165) is 11.1 Å². The molecule has 0 amide bonds. The molecule has 0 unspecified atom stereocenters. The Labute approximate surface area is 128 Å². The van der Waals surface area contributed by atoms with Crippen LogP contribution >= 0.6 is 34.8 Å². The van der Waals surface area contributed by atoms with E-state index in [-0.39, 0.29) is 0 Å². The van der Waals surface area contributed by atoms with Crippen molar-refractivity contribution in [1.29, 1.82) is 0 Å². The molecule has 0 aliphatic rings. The normalized spacial score (nSPS) is 9.84. The van der Waals surface area contributed by atoms with Crippen molar-refractivity contribution in [3.63, 3.8) is 0 Å². The predicted molar refractivity (Wildman–Crippen MR) is 87.9 cm³/mol. The van der Waals surface area contributed by atoms with Crippen LogP contribution in [0.2, 0.25) is 10.0 Å². The molecule has 0 saturated carbocycles. The fraction of sp³-hybridized carbons (Fsp3) is 0. The zero-order valence-electron chi connectivity index (χ0n) is 10.2. The molecule has 0 radical (unpaired) electrons. The molecule has 0 aromatic heterocycles. The lowest BCUT2D eigenvalue weighted by atomic mass is 10.2. The van der Waals surface area contributed by atoms with Crippen LogP contribution in [-0.2, 0) is 0 Å². The van der Waals surface area contributed by atoms with E-state index in [1.165, 1.54) is 5.54 Å². The number of halogens is 3. The average Bonchev–Trinajstić information content (AvgIpc) is 2.44. The van der Waals surface area contributed by atoms with Gasteiger partial charge in [-0.3, -0.25) is 0 Å². The number of benzene rings is 2. The molecule has 0 bridgehead atoms. The first kappa shape index (κ1) is 15.8. The Morgan fingerprint density at radius 3 is 2.05 bits per heavy atom. The smallest absolute Gasteiger partial charge is 0.0598 e. The van der Waals surface area contributed by atoms with Crippen molar-refractivity contribution in [3.05, 3.63) is 81.8 Å². The molecule has 3 heteroatoms. The Kier molecular flexibility index (Phi) is 7.35. The molecular weight excluding hydrogens is 299 g/mol. The van der Waals surface area contributed by atoms with E-state index in [1.807, 2.05) is 42.5 Å². The van der Waals surface area contributed by atoms with E-state index in [1.54, 1.807) is 18.2 Å². The first-order valence-electron chi connectivity index (χ1n) is 5.56. The van der Waals surface area contributed by atoms with Gasteiger partial charge in [0.25, 0.3) is 0 Å². The van der Waals surface area contributed by atoms with Crippen LogP contribution in [-0.4, -0.2) is 0 Å². The van der Waals surface area contributed by atoms with E-state index in [2.05, 4.69) is 6.58 Å². The summed E-state index contributed by atoms with van der Waals surface area (Å²) in [5, 5.41) is 1.14. The lowest BCUT2D eigenvalue weighted by Gasteiger charge is -1.95. The van der Waals surface area contributed by atoms with Gasteiger partial charge in [-0.15, -0.1) is 0 Å². The highest BCUT2D eigenvalue weighted by Gasteiger charge is 1.94. The zero-order chi connectivity index (χ0) is 14.1. The molecule has 0 nitrogen and oxygen atoms in total. The largest absolute Gasteiger partial charge is 0.0985 e. The summed E-state index contributed by atoms with van der Waals surface area (Å²) >= 11 is 16.7. The molecule has 0 spiro atoms. The Bertz CT molecular complexity index is 545. The van der Waals surface area contributed by atoms with Crippen LogP contribution in [0.1, 0.15) is 11.1 Å². The van der Waals surface area contributed by atoms with Crippen LogP contribution in [0.15, 0.2) is 60.6 Å². The van der Waals surface area contributed by atoms with E-state index in [4.69, 9.17) is 34.8 Å². The van der Waals surface area contributed by atoms with Crippen molar-refractivity contribution in [2.24, 2.45) is 0 Å². The maximum absolute atomic E-state index is 5.71. The summed E-state index contributed by atoms with van der Waals surface area (Å²) in [6, 6.07) is 15.3. The molecular formula is C16H13Cl3. The number of rotatable bonds is 2. The molecule has 2 rings (SSSR count). The van der Waals surface area contributed by atoms with Gasteiger partial charge in [0.05, 0.1) is 10.0 Å². The molecule has 0 heterocycles. The number of hydrogen-bond acceptors (Lipinski definition) is 0. The van der Waals surface area contributed by atoms with Crippen LogP contribution in [0.4, 0.5) is 0 Å². The molecule has 2 aromatic rings. The van der Waals surface area contributed by atoms with Crippen molar-refractivity contribution in [2.75, 3.05) is 0 Å². The SMILES string of the molecule is C=Cc1ccc(Cl)c(Cl)c1.ClC=Cc1ccccc1. The van der Waals surface area contributed by atoms with Gasteiger partial charge in [0.15, 0.2) is 0 Å². The van der Waals surface area contributed by atoms with E-state index >= 15 is 0 Å². The summed E-state index contributed by atoms with van der Waals surface area (Å²) in [6.45, 7) is 3.60. The maximum Gasteiger partial charge on any atom is 0.0598 e. The summed E-state index contributed by atoms with van der Waals surface area (Å²) in [7, 11) is 0. The fourth-order valence-corrected chi connectivity index (χ4v) is 1.73. The van der Waals surface area contributed by atoms with Crippen LogP contribution < -0.4 is 0 Å². The van der Waals surface area contributed by atoms with Gasteiger partial charge >= 0.3 is 0 Å². The van der Waals surface area contributed by atoms with Gasteiger partial charge in [-0.2, -0.15) is 0 Å². The van der Waals surface area contributed by atoms with Gasteiger partial charge < -0.3 is 0 Å². The second-order valence-corrected chi connectivity index (χ2v) is 4.65. The first-order valence-corrected chi connectivity index (χ1v) is 6.76. The van der Waals surface area contributed by atoms with Gasteiger partial charge in [-0.05, 0) is 29.3 Å². The highest BCUT2D eigenvalue weighted by Crippen LogP contribution is 2.22. The monoisotopic (exact) mass is 310 g/mol. The molecule has 0 aliphatic heterocycles. The standard InChI is InChI=1S/C8H6Cl2.C8H7Cl/c1-2-6-3-4-7(9)8(10)5-6;9-7-6-8-4-2-1-3-5-8/h2-5H,1H2;1-7H. The van der Waals surface area contributed by atoms with Crippen LogP contribution in [0, 0.1) is 0 Å². The second-order valence-electron chi connectivity index (χ2n) is 3.58. The van der Waals surface area contributed by atoms with Gasteiger partial charge in [-0.25, -0.2) is 0 Å².